The fraction of sp³-hybridized carbons (Fsp3) is 0. The molecule has 1 heterocycles. The predicted molar refractivity (Wildman–Crippen MR) is 245 cm³/mol. The van der Waals surface area contributed by atoms with Gasteiger partial charge in [0.1, 0.15) is 0 Å². The molecule has 0 radical (unpaired) electrons. The van der Waals surface area contributed by atoms with Crippen molar-refractivity contribution in [3.63, 3.8) is 0 Å². The lowest BCUT2D eigenvalue weighted by molar-refractivity contribution is 1.17. The van der Waals surface area contributed by atoms with E-state index in [9.17, 15) is 0 Å². The number of hydrogen-bond acceptors (Lipinski definition) is 1. The summed E-state index contributed by atoms with van der Waals surface area (Å²) in [5.41, 5.74) is 9.22. The van der Waals surface area contributed by atoms with Gasteiger partial charge in [0.15, 0.2) is 8.07 Å². The summed E-state index contributed by atoms with van der Waals surface area (Å²) in [5.74, 6) is 0. The van der Waals surface area contributed by atoms with E-state index >= 15 is 0 Å². The van der Waals surface area contributed by atoms with Gasteiger partial charge in [0.05, 0.1) is 11.0 Å². The molecular weight excluding hydrogens is 705 g/mol. The number of benzene rings is 9. The van der Waals surface area contributed by atoms with Crippen molar-refractivity contribution >= 4 is 67.7 Å². The van der Waals surface area contributed by atoms with Gasteiger partial charge < -0.3 is 9.47 Å². The Hall–Kier alpha value is -7.20. The largest absolute Gasteiger partial charge is 0.310 e. The van der Waals surface area contributed by atoms with Gasteiger partial charge in [-0.1, -0.05) is 182 Å². The Bertz CT molecular complexity index is 2770. The smallest absolute Gasteiger partial charge is 0.179 e. The molecule has 2 nitrogen and oxygen atoms in total. The molecular formula is C54H40N2Si. The molecule has 0 amide bonds. The minimum atomic E-state index is -2.67. The van der Waals surface area contributed by atoms with Crippen LogP contribution in [-0.2, 0) is 0 Å². The Morgan fingerprint density at radius 1 is 0.298 bits per heavy atom. The van der Waals surface area contributed by atoms with E-state index in [-0.39, 0.29) is 0 Å². The summed E-state index contributed by atoms with van der Waals surface area (Å²) in [4.78, 5) is 2.39. The molecule has 0 atom stereocenters. The normalized spacial score (nSPS) is 11.5. The monoisotopic (exact) mass is 744 g/mol. The molecule has 0 saturated heterocycles. The van der Waals surface area contributed by atoms with E-state index in [4.69, 9.17) is 0 Å². The highest BCUT2D eigenvalue weighted by Crippen LogP contribution is 2.38. The maximum Gasteiger partial charge on any atom is 0.179 e. The fourth-order valence-electron chi connectivity index (χ4n) is 8.78. The second-order valence-corrected chi connectivity index (χ2v) is 18.3. The second kappa shape index (κ2) is 14.8. The summed E-state index contributed by atoms with van der Waals surface area (Å²) in [5, 5.41) is 7.96. The minimum absolute atomic E-state index is 1.09. The molecule has 0 N–H and O–H groups in total. The van der Waals surface area contributed by atoms with Crippen LogP contribution in [0, 0.1) is 0 Å². The Kier molecular flexibility index (Phi) is 8.90. The molecule has 270 valence electrons. The van der Waals surface area contributed by atoms with E-state index in [1.54, 1.807) is 0 Å². The molecule has 10 aromatic rings. The molecule has 57 heavy (non-hydrogen) atoms. The van der Waals surface area contributed by atoms with Crippen LogP contribution in [0.25, 0.3) is 38.6 Å². The molecule has 0 aliphatic heterocycles. The van der Waals surface area contributed by atoms with Gasteiger partial charge in [0, 0.05) is 33.5 Å². The van der Waals surface area contributed by atoms with Crippen molar-refractivity contribution in [2.24, 2.45) is 0 Å². The van der Waals surface area contributed by atoms with Crippen molar-refractivity contribution in [3.8, 4) is 16.8 Å². The van der Waals surface area contributed by atoms with Gasteiger partial charge in [-0.3, -0.25) is 0 Å². The number of aromatic nitrogens is 1. The van der Waals surface area contributed by atoms with Crippen molar-refractivity contribution in [2.45, 2.75) is 0 Å². The van der Waals surface area contributed by atoms with Gasteiger partial charge in [-0.2, -0.15) is 0 Å². The topological polar surface area (TPSA) is 8.17 Å². The van der Waals surface area contributed by atoms with Crippen LogP contribution in [0.3, 0.4) is 0 Å². The van der Waals surface area contributed by atoms with Crippen molar-refractivity contribution in [3.05, 3.63) is 243 Å². The molecule has 10 rings (SSSR count). The highest BCUT2D eigenvalue weighted by molar-refractivity contribution is 7.19. The van der Waals surface area contributed by atoms with Gasteiger partial charge in [0.2, 0.25) is 0 Å². The number of rotatable bonds is 9. The van der Waals surface area contributed by atoms with Crippen LogP contribution in [0.1, 0.15) is 0 Å². The van der Waals surface area contributed by atoms with E-state index in [1.807, 2.05) is 0 Å². The van der Waals surface area contributed by atoms with Crippen LogP contribution in [-0.4, -0.2) is 12.6 Å². The molecule has 0 aliphatic carbocycles. The quantitative estimate of drug-likeness (QED) is 0.106. The van der Waals surface area contributed by atoms with Gasteiger partial charge in [0.25, 0.3) is 0 Å². The van der Waals surface area contributed by atoms with E-state index < -0.39 is 8.07 Å². The first-order valence-electron chi connectivity index (χ1n) is 19.6. The average Bonchev–Trinajstić information content (AvgIpc) is 3.63. The highest BCUT2D eigenvalue weighted by atomic mass is 28.3. The maximum atomic E-state index is 2.39. The highest BCUT2D eigenvalue weighted by Gasteiger charge is 2.41. The number of anilines is 3. The van der Waals surface area contributed by atoms with E-state index in [2.05, 4.69) is 252 Å². The summed E-state index contributed by atoms with van der Waals surface area (Å²) in [6.45, 7) is 0. The molecule has 0 unspecified atom stereocenters. The average molecular weight is 745 g/mol. The zero-order valence-corrected chi connectivity index (χ0v) is 32.5. The van der Waals surface area contributed by atoms with Gasteiger partial charge >= 0.3 is 0 Å². The first-order valence-corrected chi connectivity index (χ1v) is 21.6. The maximum absolute atomic E-state index is 2.67. The minimum Gasteiger partial charge on any atom is -0.310 e. The third-order valence-electron chi connectivity index (χ3n) is 11.3. The molecule has 9 aromatic carbocycles. The lowest BCUT2D eigenvalue weighted by Gasteiger charge is -2.35. The lowest BCUT2D eigenvalue weighted by Crippen LogP contribution is -2.74. The molecule has 1 aromatic heterocycles. The summed E-state index contributed by atoms with van der Waals surface area (Å²) in [7, 11) is -2.67. The van der Waals surface area contributed by atoms with Gasteiger partial charge in [-0.25, -0.2) is 0 Å². The fourth-order valence-corrected chi connectivity index (χ4v) is 13.5. The molecule has 0 aliphatic rings. The summed E-state index contributed by atoms with van der Waals surface area (Å²) in [6, 6.07) is 88.8. The Morgan fingerprint density at radius 3 is 1.21 bits per heavy atom. The standard InChI is InChI=1S/C54H40N2Si/c1-5-18-41(19-6-1)42-20-17-21-46(40-42)55(43-32-34-45(35-33-43)56-53-30-15-13-28-51(53)52-29-14-16-31-54(52)56)44-36-38-50(39-37-44)57(47-22-7-2-8-23-47,48-24-9-3-10-25-48)49-26-11-4-12-27-49/h1-40H. The molecule has 0 spiro atoms. The molecule has 0 fully saturated rings. The van der Waals surface area contributed by atoms with Crippen molar-refractivity contribution in [1.29, 1.82) is 0 Å². The number of nitrogens with zero attached hydrogens (tertiary/aromatic N) is 2. The number of para-hydroxylation sites is 2. The lowest BCUT2D eigenvalue weighted by atomic mass is 10.0. The first kappa shape index (κ1) is 34.3. The number of fused-ring (bicyclic) bond motifs is 3. The first-order chi connectivity index (χ1) is 28.3. The van der Waals surface area contributed by atoms with Gasteiger partial charge in [-0.15, -0.1) is 0 Å². The van der Waals surface area contributed by atoms with Gasteiger partial charge in [-0.05, 0) is 92.5 Å². The van der Waals surface area contributed by atoms with Crippen molar-refractivity contribution in [1.82, 2.24) is 4.57 Å². The Morgan fingerprint density at radius 2 is 0.702 bits per heavy atom. The molecule has 3 heteroatoms. The molecule has 0 bridgehead atoms. The van der Waals surface area contributed by atoms with Crippen LogP contribution in [0.15, 0.2) is 243 Å². The number of hydrogen-bond donors (Lipinski definition) is 0. The van der Waals surface area contributed by atoms with Crippen LogP contribution in [0.2, 0.25) is 0 Å². The summed E-state index contributed by atoms with van der Waals surface area (Å²) in [6.07, 6.45) is 0. The summed E-state index contributed by atoms with van der Waals surface area (Å²) < 4.78 is 2.38. The third-order valence-corrected chi connectivity index (χ3v) is 16.1. The Balaban J connectivity index is 1.14. The SMILES string of the molecule is c1ccc(-c2cccc(N(c3ccc(-n4c5ccccc5c5ccccc54)cc3)c3ccc([Si](c4ccccc4)(c4ccccc4)c4ccccc4)cc3)c2)cc1. The second-order valence-electron chi connectivity index (χ2n) is 14.5. The van der Waals surface area contributed by atoms with E-state index in [0.29, 0.717) is 0 Å². The van der Waals surface area contributed by atoms with E-state index in [1.165, 1.54) is 53.7 Å². The predicted octanol–water partition coefficient (Wildman–Crippen LogP) is 11.3. The van der Waals surface area contributed by atoms with Crippen LogP contribution >= 0.6 is 0 Å². The zero-order valence-electron chi connectivity index (χ0n) is 31.5. The van der Waals surface area contributed by atoms with Crippen molar-refractivity contribution < 1.29 is 0 Å². The van der Waals surface area contributed by atoms with Crippen LogP contribution < -0.4 is 25.6 Å². The van der Waals surface area contributed by atoms with Crippen LogP contribution in [0.4, 0.5) is 17.1 Å². The third kappa shape index (κ3) is 6.06. The van der Waals surface area contributed by atoms with Crippen LogP contribution in [0.5, 0.6) is 0 Å². The van der Waals surface area contributed by atoms with E-state index in [0.717, 1.165) is 22.7 Å². The van der Waals surface area contributed by atoms with Crippen molar-refractivity contribution in [2.75, 3.05) is 4.90 Å². The Labute approximate surface area is 335 Å². The molecule has 0 saturated carbocycles. The zero-order chi connectivity index (χ0) is 38.0. The summed E-state index contributed by atoms with van der Waals surface area (Å²) >= 11 is 0.